The highest BCUT2D eigenvalue weighted by atomic mass is 19.1. The molecule has 48 heavy (non-hydrogen) atoms. The van der Waals surface area contributed by atoms with Gasteiger partial charge in [-0.1, -0.05) is 56.7 Å². The van der Waals surface area contributed by atoms with Crippen LogP contribution in [0.2, 0.25) is 0 Å². The summed E-state index contributed by atoms with van der Waals surface area (Å²) < 4.78 is 86.3. The third-order valence-electron chi connectivity index (χ3n) is 9.25. The molecular formula is C40H475FN2O5. The van der Waals surface area contributed by atoms with Crippen molar-refractivity contribution in [2.45, 2.75) is 98.8 Å². The van der Waals surface area contributed by atoms with Crippen molar-refractivity contribution in [3.05, 3.63) is 100.0 Å². The monoisotopic (exact) mass is 1100 g/mol. The molecule has 4 rings (SSSR count). The number of aliphatic hydroxyl groups is 2. The van der Waals surface area contributed by atoms with Gasteiger partial charge in [0, 0.05) is 342 Å². The number of aliphatic carboxylic acids is 1. The average Bonchev–Trinajstić information content (AvgIpc) is 1.56. The lowest BCUT2D eigenvalue weighted by Crippen LogP contribution is -2.25. The van der Waals surface area contributed by atoms with Gasteiger partial charge in [-0.15, -0.1) is 0 Å². The summed E-state index contributed by atoms with van der Waals surface area (Å²) >= 11 is 0. The summed E-state index contributed by atoms with van der Waals surface area (Å²) in [6.45, 7) is 15.5. The Labute approximate surface area is 610 Å². The average molecular weight is 1100 g/mol. The molecule has 1 heterocycles. The number of anilines is 1. The van der Waals surface area contributed by atoms with Crippen LogP contribution in [0.4, 0.5) is 10.1 Å². The summed E-state index contributed by atoms with van der Waals surface area (Å²) in [5, 5.41) is 33.8. The molecule has 1 aromatic heterocycles. The minimum absolute atomic E-state index is 0. The molecule has 0 bridgehead atoms. The number of carbonyl (C=O) groups excluding carboxylic acids is 1. The molecule has 1 amide bonds. The van der Waals surface area contributed by atoms with E-state index < -0.39 is 36.4 Å². The number of hydrogen-bond acceptors (Lipinski definition) is 4. The molecule has 4 atom stereocenters. The first-order chi connectivity index (χ1) is 28.9. The van der Waals surface area contributed by atoms with Crippen LogP contribution in [0.25, 0.3) is 22.4 Å². The Morgan fingerprint density at radius 1 is 0.938 bits per heavy atom. The number of rotatable bonds is 13. The number of carbonyl (C=O) groups is 2. The van der Waals surface area contributed by atoms with Crippen LogP contribution in [-0.4, -0.2) is 44.0 Å². The van der Waals surface area contributed by atoms with Crippen molar-refractivity contribution in [1.29, 1.82) is 0 Å². The fourth-order valence-corrected chi connectivity index (χ4v) is 6.32. The minimum Gasteiger partial charge on any atom is -0.481 e. The molecule has 4 N–H and O–H groups in total. The van der Waals surface area contributed by atoms with Gasteiger partial charge in [-0.2, -0.15) is 0 Å². The normalized spacial score (nSPS) is 16.0. The quantitative estimate of drug-likeness (QED) is 0.107. The molecule has 0 aliphatic heterocycles. The fraction of sp³-hybridized carbons (Fsp3) is 0.400. The van der Waals surface area contributed by atoms with Gasteiger partial charge in [0.05, 0.1) is 31.3 Å². The van der Waals surface area contributed by atoms with Gasteiger partial charge in [-0.05, 0) is 112 Å². The maximum Gasteiger partial charge on any atom is 0.305 e. The van der Waals surface area contributed by atoms with Gasteiger partial charge in [0.15, 0.2) is 0 Å². The third-order valence-corrected chi connectivity index (χ3v) is 9.25. The molecule has 3 aromatic carbocycles. The van der Waals surface area contributed by atoms with Crippen molar-refractivity contribution in [3.63, 3.8) is 0 Å². The Hall–Kier alpha value is -4.27. The number of carboxylic acids is 1. The molecular weight excluding hydrogens is 607 g/mol. The predicted molar refractivity (Wildman–Crippen MR) is 640 cm³/mol. The molecule has 0 saturated carbocycles. The largest absolute Gasteiger partial charge is 0.481 e. The first-order valence-electron chi connectivity index (χ1n) is 23.0. The summed E-state index contributed by atoms with van der Waals surface area (Å²) in [5.74, 6) is -2.22. The number of aromatic nitrogens is 1. The van der Waals surface area contributed by atoms with Crippen LogP contribution in [0.1, 0.15) is 412 Å². The highest BCUT2D eigenvalue weighted by Crippen LogP contribution is 2.47. The summed E-state index contributed by atoms with van der Waals surface area (Å²) in [5.41, 5.74) is 7.74. The van der Waals surface area contributed by atoms with E-state index in [0.717, 1.165) is 22.3 Å². The molecule has 0 radical (unpaired) electrons. The zero-order valence-electron chi connectivity index (χ0n) is 42.2. The maximum absolute atomic E-state index is 14.8. The molecule has 7 nitrogen and oxygen atoms in total. The SMILES string of the molecule is [2H]C(C)(C[C@@H](O)C[C@@H](O)CC(=O)O)n1c(-c2ccc(F)cc2C)c(-c2cccc(C)c2)c(C(=O)Nc2ccc(C)c(C)c2)c1C(C)C(C)C.[2H][2H].[2H][2H].[2H][2H].[2H][2H].[2H][2H].[2H][2H].[HH].[HH].[HH].[HH].[HH].[HH].[HH].[HH].[HH].[HH].[HH].[HH].[HH].[HH].[HH].[HH].[HH].[HH].[HH].[HH].[HH].[HH].[HH].[HH].[HH].[HH].[HH].[HH].[HH].[HH].[HH].[HH].[HH].[HH].[HH].[HH].[HH].[HH].[HH].[HH].[HH].[HH].[HH].[HH].[HH].[HH].[HH].[HH].[HH].[HH].[HH].[HH].[HH].[HH].[HH].[HH].[HH].[HH].[HH].[HH].[HH].[HH].[HH].[HH].[HH].[HH].[HH].[HH].[HH].[HH].[HH].[HH].[HH].[HH].[HH].[HH].[HH].[HH].[HH].[HH].[HH].[HH].[HH].[HH].[HH].[HH].[HH].[HH].[HH].[HH].[HH].[HH].[HH].[HH].[HH].[HH].[HH].[HH].[HH].[HH].[HH].[HH].[HH].[HH].[HH].[HH].[HH].[HH].[HH].[HH].[HH].[HH].[HH].[HH].[HH].[HH].[HH].[HH].[HH].[HH].[HH].[HH].[HH].[HH].[HH].[HH].[HH].[HH].[HH].[HH].[HH].[HH].[HH].[HH].[HH].[HH].[HH].[HH].[HH].[HH].[HH].[HH].[HH].[HH].[HH].[HH].[HH].[HH].[HH].[HH].[HH].[HH].[HH].[HH].[HH].[HH].[HH].[HH].[HH].[HH].[HH].[HH].[HH].[HH].[HH].[HH].[HH].[HH].[HH].[HH].[HH].[HH].[HH].[HH].[HH].[HH].[HH].[HH].[HH].[HH].[HH].[HH].[HH].[HH].[HH].[HH].[HH].[HH].[HH].[HH].[HH].[HH].[HH].[HH].[HH].[HH].[HH].[HH].[HH].[HH].[HH].[HH].[HH].[HH].[HH].[HH].[HH]. The third kappa shape index (κ3) is 8.23. The Kier molecular flexibility index (Phi) is 8.82. The van der Waals surface area contributed by atoms with E-state index in [4.69, 9.17) is 22.9 Å². The lowest BCUT2D eigenvalue weighted by atomic mass is 9.88. The Bertz CT molecular complexity index is 2020. The molecule has 0 saturated heterocycles. The number of hydrogen-bond donors (Lipinski definition) is 4. The van der Waals surface area contributed by atoms with Crippen LogP contribution in [0.3, 0.4) is 0 Å². The van der Waals surface area contributed by atoms with E-state index in [2.05, 4.69) is 5.32 Å². The van der Waals surface area contributed by atoms with Gasteiger partial charge >= 0.3 is 5.97 Å². The number of nitrogens with zero attached hydrogens (tertiary/aromatic N) is 1. The molecule has 682 valence electrons. The Morgan fingerprint density at radius 2 is 1.65 bits per heavy atom. The van der Waals surface area contributed by atoms with Crippen LogP contribution in [0.15, 0.2) is 60.7 Å². The number of amides is 1. The van der Waals surface area contributed by atoms with E-state index >= 15 is 0 Å². The molecule has 2 unspecified atom stereocenters. The highest BCUT2D eigenvalue weighted by molar-refractivity contribution is 6.12. The van der Waals surface area contributed by atoms with Crippen LogP contribution in [0.5, 0.6) is 0 Å². The molecule has 0 fully saturated rings. The van der Waals surface area contributed by atoms with Gasteiger partial charge < -0.3 is 25.2 Å². The van der Waals surface area contributed by atoms with Gasteiger partial charge in [-0.25, -0.2) is 4.39 Å². The highest BCUT2D eigenvalue weighted by Gasteiger charge is 2.35. The van der Waals surface area contributed by atoms with E-state index in [1.54, 1.807) is 24.5 Å². The van der Waals surface area contributed by atoms with Crippen molar-refractivity contribution in [1.82, 2.24) is 4.57 Å². The molecule has 0 aliphatic carbocycles. The lowest BCUT2D eigenvalue weighted by Gasteiger charge is -2.28. The van der Waals surface area contributed by atoms with Crippen molar-refractivity contribution >= 4 is 17.6 Å². The van der Waals surface area contributed by atoms with Crippen LogP contribution >= 0.6 is 0 Å². The fourth-order valence-electron chi connectivity index (χ4n) is 6.32. The van der Waals surface area contributed by atoms with E-state index in [1.807, 2.05) is 84.0 Å². The van der Waals surface area contributed by atoms with Gasteiger partial charge in [0.25, 0.3) is 5.91 Å². The van der Waals surface area contributed by atoms with Crippen LogP contribution < -0.4 is 5.32 Å². The standard InChI is InChI=1S/C40H49FN2O5.213H2/c1-22(2)28(8)38-37(40(48)42-31-14-12-24(4)25(5)18-31)36(29-11-9-10-23(3)16-29)39(34-15-13-30(41)17-26(34)6)43(38)27(7)19-32(44)20-33(45)21-35(46)47;;;;;;;;;;;;;;;;;;;;;;;;;;;;;;;;;;;;;;;;;;;;;;;;;;;;;;;;;;;;;;;;;;;;;;;;;;;;;;;;;;;;;;;;;;;;;;;;;;;;;;;;;;;;;;;;;;;;;;;;;;;;;;;;;;;;;;;;;;;;;;;;;;;;;;;;;;;;;;;;;;;;;;;;;;;;;;;;;;;;;;;;;;;;;;;;;;;;;;;;;;;;;;;;;;;;;/h9-18,22,27-28,32-33,44-45H,19-21H2,1-8H3,(H,42,48)(H,46,47);213*1H/t27?,28?,32-,33-;;;;;;;;;;;;;;;;;;;;;;;;;;;;;;;;;;;;;;;;;;;;;;;;;;;;;;;;;;;;;;;;;;;;;;;;;;;;;;;;;;;;;;;;;;;;;;;;;;;;;;;;;;;;;;;;;;;;;;;;;;;;;;;;;;;;;;;;;;;;;;;;;;;;;;;;;;;;;;;;;;;;;;;;;;;;;;;;;;;;;;;;;;;;;;;;;;;;;;;;;;;;;;;;;;;;;/m1...................................................................................................................................................................................................................../s1/i27D;6*1+1D;;;;;;;;;;;;;;;;;;;;;;;;;;;;;;;;;;;;;;;;;;;;;;;;;;;;;;;;;;;;;;;;;;;;;;;;;;;;;;;;;;;;;;;;;;;;;;;;;;;;;;;;;;;;;;;;;;;;;;;;;;;;;;;;;;;;;;;;;;;;;;;;;;;;;;;;;;;;;;;;;;;;;;;;;;;;;;;;;;;;;;;;;;;;;;;;;;;;;;;;;;;;;;;. The molecule has 8 heteroatoms. The first-order valence-corrected chi connectivity index (χ1v) is 16.5. The smallest absolute Gasteiger partial charge is 0.305 e. The number of aryl methyl sites for hydroxylation is 4. The molecule has 0 spiro atoms. The second-order valence-corrected chi connectivity index (χ2v) is 13.5. The lowest BCUT2D eigenvalue weighted by molar-refractivity contribution is -0.139. The molecule has 4 aromatic rings. The number of aliphatic hydroxyl groups excluding tert-OH is 2. The van der Waals surface area contributed by atoms with Crippen molar-refractivity contribution in [2.24, 2.45) is 5.92 Å². The Morgan fingerprint density at radius 3 is 2.25 bits per heavy atom. The van der Waals surface area contributed by atoms with E-state index in [1.165, 1.54) is 12.1 Å². The van der Waals surface area contributed by atoms with Crippen LogP contribution in [0, 0.1) is 39.4 Å². The second kappa shape index (κ2) is 15.3. The first kappa shape index (κ1) is 27.7. The Balaban J connectivity index is -0.000000000725. The van der Waals surface area contributed by atoms with E-state index in [9.17, 15) is 25.6 Å². The van der Waals surface area contributed by atoms with E-state index in [-0.39, 0.29) is 326 Å². The van der Waals surface area contributed by atoms with Crippen molar-refractivity contribution < 1.29 is 344 Å². The number of benzene rings is 3. The number of carboxylic acid groups (broad SMARTS) is 1. The van der Waals surface area contributed by atoms with Crippen molar-refractivity contribution in [2.75, 3.05) is 5.32 Å². The number of halogens is 1. The van der Waals surface area contributed by atoms with Crippen LogP contribution in [-0.2, 0) is 4.79 Å². The van der Waals surface area contributed by atoms with Gasteiger partial charge in [0.1, 0.15) is 5.82 Å². The topological polar surface area (TPSA) is 112 Å². The van der Waals surface area contributed by atoms with Gasteiger partial charge in [0.2, 0.25) is 0 Å². The minimum atomic E-state index is -1.62. The van der Waals surface area contributed by atoms with Gasteiger partial charge in [-0.3, -0.25) is 9.59 Å². The second-order valence-electron chi connectivity index (χ2n) is 13.5. The maximum atomic E-state index is 14.8. The van der Waals surface area contributed by atoms with Crippen molar-refractivity contribution in [3.8, 4) is 22.4 Å². The zero-order valence-corrected chi connectivity index (χ0v) is 29.2. The summed E-state index contributed by atoms with van der Waals surface area (Å²) in [4.78, 5) is 26.0. The van der Waals surface area contributed by atoms with E-state index in [0.29, 0.717) is 39.3 Å². The molecule has 0 aliphatic rings. The predicted octanol–water partition coefficient (Wildman–Crippen LogP) is 61.1. The number of nitrogens with one attached hydrogen (secondary N) is 1. The summed E-state index contributed by atoms with van der Waals surface area (Å²) in [6.07, 6.45) is -3.51. The summed E-state index contributed by atoms with van der Waals surface area (Å²) in [7, 11) is 0. The zero-order chi connectivity index (χ0) is 48.4. The summed E-state index contributed by atoms with van der Waals surface area (Å²) in [6, 6.07) is 16.3.